The summed E-state index contributed by atoms with van der Waals surface area (Å²) >= 11 is 0. The van der Waals surface area contributed by atoms with Gasteiger partial charge >= 0.3 is 24.1 Å². The molecule has 0 unspecified atom stereocenters. The number of methoxy groups -OCH3 is 1. The molecule has 2 saturated heterocycles. The van der Waals surface area contributed by atoms with Crippen LogP contribution in [0.4, 0.5) is 24.8 Å². The van der Waals surface area contributed by atoms with Crippen molar-refractivity contribution in [1.29, 1.82) is 0 Å². The summed E-state index contributed by atoms with van der Waals surface area (Å²) in [6.07, 6.45) is -5.08. The fourth-order valence-electron chi connectivity index (χ4n) is 4.62. The van der Waals surface area contributed by atoms with Crippen molar-refractivity contribution in [3.63, 3.8) is 0 Å². The van der Waals surface area contributed by atoms with E-state index >= 15 is 0 Å². The minimum Gasteiger partial charge on any atom is -0.477 e. The summed E-state index contributed by atoms with van der Waals surface area (Å²) < 4.78 is 36.4. The molecule has 0 atom stereocenters. The first-order valence-electron chi connectivity index (χ1n) is 14.0. The summed E-state index contributed by atoms with van der Waals surface area (Å²) in [5, 5.41) is 30.6. The lowest BCUT2D eigenvalue weighted by atomic mass is 10.2. The third-order valence-corrected chi connectivity index (χ3v) is 7.31. The van der Waals surface area contributed by atoms with Crippen LogP contribution in [0, 0.1) is 0 Å². The van der Waals surface area contributed by atoms with Gasteiger partial charge in [-0.05, 0) is 38.4 Å². The number of aromatic nitrogens is 6. The highest BCUT2D eigenvalue weighted by Crippen LogP contribution is 2.22. The molecule has 16 nitrogen and oxygen atoms in total. The van der Waals surface area contributed by atoms with Gasteiger partial charge in [0, 0.05) is 52.4 Å². The molecule has 0 amide bonds. The zero-order chi connectivity index (χ0) is 33.6. The first-order chi connectivity index (χ1) is 21.8. The molecule has 19 heteroatoms. The van der Waals surface area contributed by atoms with E-state index in [9.17, 15) is 22.8 Å². The fraction of sp³-hybridized carbons (Fsp3) is 0.444. The molecular formula is C27H33F3N10O6. The van der Waals surface area contributed by atoms with E-state index in [1.807, 2.05) is 18.2 Å². The maximum absolute atomic E-state index is 11.6. The van der Waals surface area contributed by atoms with Gasteiger partial charge in [0.25, 0.3) is 0 Å². The van der Waals surface area contributed by atoms with Crippen molar-refractivity contribution in [2.45, 2.75) is 6.18 Å². The van der Waals surface area contributed by atoms with Gasteiger partial charge in [0.15, 0.2) is 22.7 Å². The number of nitrogens with zero attached hydrogens (tertiary/aromatic N) is 8. The molecule has 4 aromatic rings. The molecule has 2 aliphatic rings. The number of ether oxygens (including phenoxy) is 1. The molecule has 6 heterocycles. The van der Waals surface area contributed by atoms with Gasteiger partial charge in [-0.2, -0.15) is 23.4 Å². The largest absolute Gasteiger partial charge is 0.490 e. The maximum atomic E-state index is 11.6. The molecular weight excluding hydrogens is 617 g/mol. The molecule has 4 aromatic heterocycles. The number of anilines is 2. The van der Waals surface area contributed by atoms with Gasteiger partial charge in [-0.25, -0.2) is 24.4 Å². The summed E-state index contributed by atoms with van der Waals surface area (Å²) in [6.45, 7) is 7.78. The van der Waals surface area contributed by atoms with Crippen LogP contribution in [0.2, 0.25) is 0 Å². The highest BCUT2D eigenvalue weighted by Gasteiger charge is 2.38. The summed E-state index contributed by atoms with van der Waals surface area (Å²) in [5.74, 6) is -2.46. The second-order valence-corrected chi connectivity index (χ2v) is 10.5. The molecule has 6 rings (SSSR count). The van der Waals surface area contributed by atoms with Crippen molar-refractivity contribution in [1.82, 2.24) is 40.2 Å². The van der Waals surface area contributed by atoms with E-state index in [2.05, 4.69) is 64.1 Å². The van der Waals surface area contributed by atoms with E-state index < -0.39 is 24.1 Å². The number of carboxylic acid groups (broad SMARTS) is 2. The normalized spacial score (nSPS) is 16.0. The predicted molar refractivity (Wildman–Crippen MR) is 159 cm³/mol. The Kier molecular flexibility index (Phi) is 10.6. The third kappa shape index (κ3) is 8.16. The highest BCUT2D eigenvalue weighted by molar-refractivity contribution is 6.01. The van der Waals surface area contributed by atoms with E-state index in [4.69, 9.17) is 19.7 Å². The van der Waals surface area contributed by atoms with Crippen LogP contribution in [0.5, 0.6) is 0 Å². The number of nitrogens with one attached hydrogen (secondary N) is 2. The number of aliphatic carboxylic acids is 1. The molecule has 0 aliphatic carbocycles. The second kappa shape index (κ2) is 14.4. The molecule has 0 bridgehead atoms. The highest BCUT2D eigenvalue weighted by atomic mass is 19.4. The van der Waals surface area contributed by atoms with E-state index in [-0.39, 0.29) is 5.69 Å². The van der Waals surface area contributed by atoms with Crippen molar-refractivity contribution < 1.29 is 42.5 Å². The van der Waals surface area contributed by atoms with Crippen molar-refractivity contribution in [3.05, 3.63) is 35.7 Å². The average molecular weight is 651 g/mol. The third-order valence-electron chi connectivity index (χ3n) is 7.31. The van der Waals surface area contributed by atoms with Gasteiger partial charge in [0.1, 0.15) is 11.6 Å². The summed E-state index contributed by atoms with van der Waals surface area (Å²) in [4.78, 5) is 49.4. The molecule has 2 fully saturated rings. The van der Waals surface area contributed by atoms with Crippen LogP contribution in [0.3, 0.4) is 0 Å². The van der Waals surface area contributed by atoms with E-state index in [1.165, 1.54) is 7.11 Å². The first-order valence-corrected chi connectivity index (χ1v) is 14.0. The zero-order valence-corrected chi connectivity index (χ0v) is 25.2. The topological polar surface area (TPSA) is 197 Å². The number of halogens is 3. The smallest absolute Gasteiger partial charge is 0.477 e. The molecule has 0 saturated carbocycles. The van der Waals surface area contributed by atoms with Crippen LogP contribution < -0.4 is 9.80 Å². The van der Waals surface area contributed by atoms with Crippen LogP contribution >= 0.6 is 0 Å². The number of pyridine rings is 2. The van der Waals surface area contributed by atoms with Crippen LogP contribution in [-0.2, 0) is 9.53 Å². The molecule has 248 valence electrons. The molecule has 0 radical (unpaired) electrons. The number of fused-ring (bicyclic) bond motifs is 2. The lowest BCUT2D eigenvalue weighted by Gasteiger charge is -2.33. The Hall–Kier alpha value is -5.04. The van der Waals surface area contributed by atoms with Crippen molar-refractivity contribution in [2.24, 2.45) is 0 Å². The number of piperazine rings is 2. The fourth-order valence-corrected chi connectivity index (χ4v) is 4.62. The Bertz CT molecular complexity index is 1680. The van der Waals surface area contributed by atoms with Crippen molar-refractivity contribution in [2.75, 3.05) is 83.4 Å². The maximum Gasteiger partial charge on any atom is 0.490 e. The Morgan fingerprint density at radius 3 is 1.50 bits per heavy atom. The lowest BCUT2D eigenvalue weighted by Crippen LogP contribution is -2.44. The van der Waals surface area contributed by atoms with E-state index in [0.29, 0.717) is 27.8 Å². The van der Waals surface area contributed by atoms with E-state index in [0.717, 1.165) is 64.0 Å². The zero-order valence-electron chi connectivity index (χ0n) is 25.2. The Balaban J connectivity index is 0.000000174. The number of rotatable bonds is 4. The number of hydrogen-bond donors (Lipinski definition) is 4. The van der Waals surface area contributed by atoms with Crippen LogP contribution in [-0.4, -0.2) is 148 Å². The standard InChI is InChI=1S/C13H17N5O2.C12H15N5O2.C2HF3O2/c1-17-5-7-18(8-6-17)10-4-3-9-11(13(19)20-2)15-16-12(9)14-10;1-16-4-6-17(7-5-16)9-3-2-8-10(12(18)19)14-15-11(8)13-9;3-2(4,5)1(6)7/h3-4H,5-8H2,1-2H3,(H,14,15,16);2-3H,4-7H2,1H3,(H,18,19)(H,13,14,15);(H,6,7). The Morgan fingerprint density at radius 1 is 0.739 bits per heavy atom. The number of H-pyrrole nitrogens is 2. The number of esters is 1. The summed E-state index contributed by atoms with van der Waals surface area (Å²) in [6, 6.07) is 7.42. The van der Waals surface area contributed by atoms with E-state index in [1.54, 1.807) is 6.07 Å². The van der Waals surface area contributed by atoms with Crippen LogP contribution in [0.25, 0.3) is 22.1 Å². The first kappa shape index (κ1) is 33.8. The number of carbonyl (C=O) groups is 3. The number of carbonyl (C=O) groups excluding carboxylic acids is 1. The lowest BCUT2D eigenvalue weighted by molar-refractivity contribution is -0.192. The van der Waals surface area contributed by atoms with Gasteiger partial charge in [-0.15, -0.1) is 0 Å². The Labute approximate surface area is 259 Å². The quantitative estimate of drug-likeness (QED) is 0.232. The van der Waals surface area contributed by atoms with Crippen LogP contribution in [0.1, 0.15) is 21.0 Å². The number of alkyl halides is 3. The number of aromatic amines is 2. The molecule has 0 spiro atoms. The monoisotopic (exact) mass is 650 g/mol. The van der Waals surface area contributed by atoms with Crippen LogP contribution in [0.15, 0.2) is 24.3 Å². The Morgan fingerprint density at radius 2 is 1.13 bits per heavy atom. The number of likely N-dealkylation sites (N-methyl/N-ethyl adjacent to an activating group) is 2. The summed E-state index contributed by atoms with van der Waals surface area (Å²) in [7, 11) is 5.56. The molecule has 0 aromatic carbocycles. The number of aromatic carboxylic acids is 1. The van der Waals surface area contributed by atoms with Gasteiger partial charge in [-0.3, -0.25) is 10.2 Å². The number of hydrogen-bond acceptors (Lipinski definition) is 12. The van der Waals surface area contributed by atoms with Crippen molar-refractivity contribution in [3.8, 4) is 0 Å². The average Bonchev–Trinajstić information content (AvgIpc) is 3.65. The number of carboxylic acids is 2. The van der Waals surface area contributed by atoms with Gasteiger partial charge in [0.05, 0.1) is 17.9 Å². The summed E-state index contributed by atoms with van der Waals surface area (Å²) in [5.41, 5.74) is 1.43. The van der Waals surface area contributed by atoms with Gasteiger partial charge in [-0.1, -0.05) is 0 Å². The molecule has 4 N–H and O–H groups in total. The predicted octanol–water partition coefficient (Wildman–Crippen LogP) is 1.54. The van der Waals surface area contributed by atoms with Crippen molar-refractivity contribution >= 4 is 51.6 Å². The SMILES string of the molecule is CN1CCN(c2ccc3c(C(=O)O)[nH]nc3n2)CC1.COC(=O)c1[nH]nc2nc(N3CCN(C)CC3)ccc12.O=C(O)C(F)(F)F. The second-order valence-electron chi connectivity index (χ2n) is 10.5. The minimum absolute atomic E-state index is 0.0902. The van der Waals surface area contributed by atoms with Gasteiger partial charge in [0.2, 0.25) is 0 Å². The van der Waals surface area contributed by atoms with Gasteiger partial charge < -0.3 is 34.5 Å². The molecule has 46 heavy (non-hydrogen) atoms. The minimum atomic E-state index is -5.08. The molecule has 2 aliphatic heterocycles.